The first-order valence-corrected chi connectivity index (χ1v) is 39.0. The van der Waals surface area contributed by atoms with Gasteiger partial charge in [0, 0.05) is 22.3 Å². The van der Waals surface area contributed by atoms with Crippen molar-refractivity contribution in [2.24, 2.45) is 0 Å². The van der Waals surface area contributed by atoms with Gasteiger partial charge in [-0.1, -0.05) is 401 Å². The van der Waals surface area contributed by atoms with Crippen LogP contribution in [0.1, 0.15) is 228 Å². The number of hydrogen-bond acceptors (Lipinski definition) is 0. The minimum absolute atomic E-state index is 0.0383. The minimum atomic E-state index is -0.0383. The van der Waals surface area contributed by atoms with E-state index in [1.807, 2.05) is 36.4 Å². The Hall–Kier alpha value is -9.46. The van der Waals surface area contributed by atoms with Crippen LogP contribution in [0.4, 0.5) is 0 Å². The Balaban J connectivity index is 1.11. The summed E-state index contributed by atoms with van der Waals surface area (Å²) in [6.07, 6.45) is 28.8. The Bertz CT molecular complexity index is 4190. The molecule has 0 radical (unpaired) electrons. The predicted molar refractivity (Wildman–Crippen MR) is 443 cm³/mol. The molecule has 0 spiro atoms. The summed E-state index contributed by atoms with van der Waals surface area (Å²) in [4.78, 5) is 0. The van der Waals surface area contributed by atoms with Gasteiger partial charge in [0.15, 0.2) is 0 Å². The van der Waals surface area contributed by atoms with Crippen molar-refractivity contribution in [2.45, 2.75) is 207 Å². The molecule has 11 rings (SSSR count). The summed E-state index contributed by atoms with van der Waals surface area (Å²) in [5, 5.41) is 0. The van der Waals surface area contributed by atoms with Crippen molar-refractivity contribution in [3.8, 4) is 113 Å². The predicted octanol–water partition coefficient (Wildman–Crippen LogP) is 29.3. The lowest BCUT2D eigenvalue weighted by molar-refractivity contribution is 0.556. The van der Waals surface area contributed by atoms with E-state index in [-0.39, 0.29) is 10.8 Å². The van der Waals surface area contributed by atoms with Crippen molar-refractivity contribution in [1.29, 1.82) is 0 Å². The fourth-order valence-corrected chi connectivity index (χ4v) is 14.5. The average molecular weight is 1340 g/mol. The molecule has 0 unspecified atom stereocenters. The van der Waals surface area contributed by atoms with E-state index in [0.29, 0.717) is 0 Å². The van der Waals surface area contributed by atoms with Gasteiger partial charge in [0.2, 0.25) is 0 Å². The standard InChI is InChI=1S/C102H110/c1-9-11-13-15-17-19-21-23-25-29-39-79-49-57-87(58-50-79)95-96(88-59-51-80(52-60-88)40-30-26-24-22-20-18-16-14-12-10-2)100(92-71-75-94(76-72-92)102(6,7)8)98(90-67-63-86(64-68-90)84-55-47-82(48-56-84)44-42-78-37-33-28-34-38-78)97(99(95)91-69-73-93(74-70-91)101(3,4)5)89-65-61-85(62-66-89)83-53-45-81(46-54-83)43-41-77-35-31-27-32-36-77/h27-28,31-38,45-76H,9-26,29-30,39-40H2,1-8H3. The molecule has 0 atom stereocenters. The van der Waals surface area contributed by atoms with Crippen LogP contribution in [0.15, 0.2) is 255 Å². The van der Waals surface area contributed by atoms with E-state index in [1.54, 1.807) is 0 Å². The van der Waals surface area contributed by atoms with Gasteiger partial charge in [-0.2, -0.15) is 0 Å². The van der Waals surface area contributed by atoms with E-state index in [4.69, 9.17) is 0 Å². The molecule has 0 N–H and O–H groups in total. The summed E-state index contributed by atoms with van der Waals surface area (Å²) >= 11 is 0. The maximum absolute atomic E-state index is 3.41. The van der Waals surface area contributed by atoms with Crippen LogP contribution >= 0.6 is 0 Å². The second-order valence-electron chi connectivity index (χ2n) is 30.7. The van der Waals surface area contributed by atoms with E-state index in [0.717, 1.165) is 68.5 Å². The van der Waals surface area contributed by atoms with Crippen molar-refractivity contribution in [3.63, 3.8) is 0 Å². The van der Waals surface area contributed by atoms with Crippen LogP contribution in [0, 0.1) is 23.7 Å². The van der Waals surface area contributed by atoms with Crippen molar-refractivity contribution in [3.05, 3.63) is 299 Å². The highest BCUT2D eigenvalue weighted by atomic mass is 14.3. The second-order valence-corrected chi connectivity index (χ2v) is 30.7. The Morgan fingerprint density at radius 2 is 0.392 bits per heavy atom. The van der Waals surface area contributed by atoms with Crippen LogP contribution < -0.4 is 0 Å². The highest BCUT2D eigenvalue weighted by Gasteiger charge is 2.30. The van der Waals surface area contributed by atoms with Gasteiger partial charge >= 0.3 is 0 Å². The van der Waals surface area contributed by atoms with E-state index < -0.39 is 0 Å². The molecule has 0 heteroatoms. The first kappa shape index (κ1) is 73.8. The molecule has 102 heavy (non-hydrogen) atoms. The molecule has 11 aromatic rings. The Morgan fingerprint density at radius 1 is 0.196 bits per heavy atom. The molecular formula is C102H110. The normalized spacial score (nSPS) is 11.5. The van der Waals surface area contributed by atoms with Crippen LogP contribution in [0.2, 0.25) is 0 Å². The summed E-state index contributed by atoms with van der Waals surface area (Å²) in [5.41, 5.74) is 28.6. The molecule has 518 valence electrons. The monoisotopic (exact) mass is 1330 g/mol. The summed E-state index contributed by atoms with van der Waals surface area (Å²) in [6.45, 7) is 18.6. The van der Waals surface area contributed by atoms with Crippen molar-refractivity contribution in [2.75, 3.05) is 0 Å². The van der Waals surface area contributed by atoms with Crippen LogP contribution in [0.25, 0.3) is 89.0 Å². The quantitative estimate of drug-likeness (QED) is 0.0311. The van der Waals surface area contributed by atoms with Gasteiger partial charge in [0.25, 0.3) is 0 Å². The molecule has 0 aliphatic carbocycles. The molecule has 0 nitrogen and oxygen atoms in total. The van der Waals surface area contributed by atoms with Crippen LogP contribution in [0.5, 0.6) is 0 Å². The third-order valence-electron chi connectivity index (χ3n) is 20.7. The van der Waals surface area contributed by atoms with Crippen molar-refractivity contribution >= 4 is 0 Å². The number of benzene rings is 11. The number of hydrogen-bond donors (Lipinski definition) is 0. The maximum Gasteiger partial charge on any atom is 0.0249 e. The Kier molecular flexibility index (Phi) is 26.7. The van der Waals surface area contributed by atoms with Crippen LogP contribution in [-0.4, -0.2) is 0 Å². The smallest absolute Gasteiger partial charge is 0.0249 e. The highest BCUT2D eigenvalue weighted by Crippen LogP contribution is 2.56. The molecule has 0 aromatic heterocycles. The summed E-state index contributed by atoms with van der Waals surface area (Å²) in [6, 6.07) is 95.9. The third kappa shape index (κ3) is 20.4. The number of unbranched alkanes of at least 4 members (excludes halogenated alkanes) is 18. The van der Waals surface area contributed by atoms with E-state index in [9.17, 15) is 0 Å². The zero-order chi connectivity index (χ0) is 70.9. The highest BCUT2D eigenvalue weighted by molar-refractivity contribution is 6.15. The minimum Gasteiger partial charge on any atom is -0.0654 e. The molecule has 0 saturated heterocycles. The molecule has 0 bridgehead atoms. The molecule has 0 aliphatic rings. The summed E-state index contributed by atoms with van der Waals surface area (Å²) < 4.78 is 0. The maximum atomic E-state index is 3.41. The first-order valence-electron chi connectivity index (χ1n) is 39.0. The Labute approximate surface area is 615 Å². The van der Waals surface area contributed by atoms with Gasteiger partial charge in [-0.15, -0.1) is 0 Å². The molecule has 11 aromatic carbocycles. The zero-order valence-corrected chi connectivity index (χ0v) is 62.8. The largest absolute Gasteiger partial charge is 0.0654 e. The van der Waals surface area contributed by atoms with E-state index in [2.05, 4.69) is 297 Å². The lowest BCUT2D eigenvalue weighted by Gasteiger charge is -2.30. The van der Waals surface area contributed by atoms with Gasteiger partial charge in [-0.3, -0.25) is 0 Å². The van der Waals surface area contributed by atoms with Crippen molar-refractivity contribution in [1.82, 2.24) is 0 Å². The van der Waals surface area contributed by atoms with Gasteiger partial charge in [-0.05, 0) is 196 Å². The topological polar surface area (TPSA) is 0 Å². The van der Waals surface area contributed by atoms with E-state index in [1.165, 1.54) is 206 Å². The van der Waals surface area contributed by atoms with Crippen LogP contribution in [-0.2, 0) is 23.7 Å². The summed E-state index contributed by atoms with van der Waals surface area (Å²) in [7, 11) is 0. The average Bonchev–Trinajstić information content (AvgIpc) is 0.714. The molecular weight excluding hydrogens is 1230 g/mol. The zero-order valence-electron chi connectivity index (χ0n) is 62.8. The third-order valence-corrected chi connectivity index (χ3v) is 20.7. The second kappa shape index (κ2) is 36.9. The fraction of sp³-hybridized carbons (Fsp3) is 0.314. The molecule has 0 amide bonds. The first-order chi connectivity index (χ1) is 49.8. The van der Waals surface area contributed by atoms with Crippen molar-refractivity contribution < 1.29 is 0 Å². The number of aryl methyl sites for hydroxylation is 2. The molecule has 0 fully saturated rings. The van der Waals surface area contributed by atoms with Gasteiger partial charge in [-0.25, -0.2) is 0 Å². The van der Waals surface area contributed by atoms with Crippen LogP contribution in [0.3, 0.4) is 0 Å². The summed E-state index contributed by atoms with van der Waals surface area (Å²) in [5.74, 6) is 13.5. The molecule has 0 aliphatic heterocycles. The number of rotatable bonds is 30. The molecule has 0 saturated carbocycles. The van der Waals surface area contributed by atoms with Gasteiger partial charge < -0.3 is 0 Å². The van der Waals surface area contributed by atoms with Gasteiger partial charge in [0.1, 0.15) is 0 Å². The van der Waals surface area contributed by atoms with Gasteiger partial charge in [0.05, 0.1) is 0 Å². The lowest BCUT2D eigenvalue weighted by Crippen LogP contribution is -2.11. The Morgan fingerprint density at radius 3 is 0.637 bits per heavy atom. The molecule has 0 heterocycles. The van der Waals surface area contributed by atoms with E-state index >= 15 is 0 Å². The lowest BCUT2D eigenvalue weighted by atomic mass is 9.73. The fourth-order valence-electron chi connectivity index (χ4n) is 14.5. The SMILES string of the molecule is CCCCCCCCCCCCc1ccc(-c2c(-c3ccc(CCCCCCCCCCCC)cc3)c(-c3ccc(C(C)(C)C)cc3)c(-c3ccc(-c4ccc(C#Cc5ccccc5)cc4)cc3)c(-c3ccc(-c4ccc(C#Cc5ccccc5)cc4)cc3)c2-c2ccc(C(C)(C)C)cc2)cc1.